The molecule has 144 valence electrons. The van der Waals surface area contributed by atoms with Crippen molar-refractivity contribution in [2.45, 2.75) is 6.92 Å². The van der Waals surface area contributed by atoms with Crippen LogP contribution in [0.3, 0.4) is 0 Å². The number of benzene rings is 2. The molecule has 1 saturated heterocycles. The lowest BCUT2D eigenvalue weighted by Gasteiger charge is -2.12. The number of phenols is 1. The molecule has 8 heteroatoms. The second-order valence-corrected chi connectivity index (χ2v) is 6.86. The summed E-state index contributed by atoms with van der Waals surface area (Å²) in [6.07, 6.45) is 1.51. The summed E-state index contributed by atoms with van der Waals surface area (Å²) in [5.41, 5.74) is 1.13. The predicted molar refractivity (Wildman–Crippen MR) is 107 cm³/mol. The fourth-order valence-corrected chi connectivity index (χ4v) is 3.39. The van der Waals surface area contributed by atoms with Crippen LogP contribution in [0.25, 0.3) is 6.08 Å². The van der Waals surface area contributed by atoms with Gasteiger partial charge in [-0.2, -0.15) is 0 Å². The van der Waals surface area contributed by atoms with Crippen molar-refractivity contribution in [3.05, 3.63) is 59.0 Å². The molecule has 3 amide bonds. The fourth-order valence-electron chi connectivity index (χ4n) is 2.55. The lowest BCUT2D eigenvalue weighted by molar-refractivity contribution is -0.127. The van der Waals surface area contributed by atoms with E-state index in [9.17, 15) is 19.5 Å². The minimum atomic E-state index is -0.541. The van der Waals surface area contributed by atoms with E-state index in [2.05, 4.69) is 5.32 Å². The van der Waals surface area contributed by atoms with Crippen molar-refractivity contribution in [2.24, 2.45) is 0 Å². The summed E-state index contributed by atoms with van der Waals surface area (Å²) >= 11 is 0.759. The van der Waals surface area contributed by atoms with Gasteiger partial charge in [0.15, 0.2) is 0 Å². The first-order valence-corrected chi connectivity index (χ1v) is 9.35. The van der Waals surface area contributed by atoms with E-state index >= 15 is 0 Å². The standard InChI is InChI=1S/C20H18N2O5S/c1-2-27-16-8-6-14(7-9-16)21-18(24)12-22-19(25)17(28-20(22)26)11-13-4-3-5-15(23)10-13/h3-11,23H,2,12H2,1H3,(H,21,24)/b17-11-. The number of phenolic OH excluding ortho intramolecular Hbond substituents is 1. The van der Waals surface area contributed by atoms with E-state index in [-0.39, 0.29) is 17.2 Å². The summed E-state index contributed by atoms with van der Waals surface area (Å²) in [6, 6.07) is 13.1. The van der Waals surface area contributed by atoms with Gasteiger partial charge in [0.1, 0.15) is 18.0 Å². The second kappa shape index (κ2) is 8.62. The largest absolute Gasteiger partial charge is 0.508 e. The molecule has 0 atom stereocenters. The molecule has 0 aliphatic carbocycles. The van der Waals surface area contributed by atoms with Gasteiger partial charge in [-0.1, -0.05) is 12.1 Å². The van der Waals surface area contributed by atoms with Crippen LogP contribution in [0.2, 0.25) is 0 Å². The molecule has 1 fully saturated rings. The van der Waals surface area contributed by atoms with Crippen LogP contribution in [0.15, 0.2) is 53.4 Å². The third kappa shape index (κ3) is 4.72. The molecule has 0 unspecified atom stereocenters. The molecule has 7 nitrogen and oxygen atoms in total. The van der Waals surface area contributed by atoms with Gasteiger partial charge in [0.05, 0.1) is 11.5 Å². The van der Waals surface area contributed by atoms with Crippen molar-refractivity contribution in [3.63, 3.8) is 0 Å². The molecule has 1 aliphatic heterocycles. The van der Waals surface area contributed by atoms with Crippen LogP contribution in [0.4, 0.5) is 10.5 Å². The molecule has 2 N–H and O–H groups in total. The number of hydrogen-bond acceptors (Lipinski definition) is 6. The molecule has 0 aromatic heterocycles. The second-order valence-electron chi connectivity index (χ2n) is 5.87. The average Bonchev–Trinajstić information content (AvgIpc) is 2.91. The zero-order chi connectivity index (χ0) is 20.1. The fraction of sp³-hybridized carbons (Fsp3) is 0.150. The van der Waals surface area contributed by atoms with Gasteiger partial charge in [0.2, 0.25) is 5.91 Å². The number of ether oxygens (including phenoxy) is 1. The van der Waals surface area contributed by atoms with Gasteiger partial charge >= 0.3 is 0 Å². The molecule has 0 saturated carbocycles. The Morgan fingerprint density at radius 3 is 2.64 bits per heavy atom. The monoisotopic (exact) mass is 398 g/mol. The number of rotatable bonds is 6. The highest BCUT2D eigenvalue weighted by molar-refractivity contribution is 8.18. The SMILES string of the molecule is CCOc1ccc(NC(=O)CN2C(=O)S/C(=C\c3cccc(O)c3)C2=O)cc1. The maximum absolute atomic E-state index is 12.5. The summed E-state index contributed by atoms with van der Waals surface area (Å²) in [5.74, 6) is -0.281. The van der Waals surface area contributed by atoms with E-state index in [0.29, 0.717) is 23.6 Å². The zero-order valence-electron chi connectivity index (χ0n) is 15.0. The first-order valence-electron chi connectivity index (χ1n) is 8.53. The van der Waals surface area contributed by atoms with Crippen molar-refractivity contribution in [2.75, 3.05) is 18.5 Å². The molecule has 0 radical (unpaired) electrons. The van der Waals surface area contributed by atoms with Crippen LogP contribution < -0.4 is 10.1 Å². The Bertz CT molecular complexity index is 940. The summed E-state index contributed by atoms with van der Waals surface area (Å²) in [6.45, 7) is 2.04. The normalized spacial score (nSPS) is 15.2. The maximum Gasteiger partial charge on any atom is 0.294 e. The van der Waals surface area contributed by atoms with Crippen molar-refractivity contribution in [3.8, 4) is 11.5 Å². The molecule has 1 aliphatic rings. The van der Waals surface area contributed by atoms with Crippen LogP contribution in [-0.2, 0) is 9.59 Å². The smallest absolute Gasteiger partial charge is 0.294 e. The van der Waals surface area contributed by atoms with Crippen LogP contribution in [0.1, 0.15) is 12.5 Å². The molecular formula is C20H18N2O5S. The van der Waals surface area contributed by atoms with E-state index in [1.165, 1.54) is 18.2 Å². The van der Waals surface area contributed by atoms with Gasteiger partial charge < -0.3 is 15.2 Å². The number of hydrogen-bond donors (Lipinski definition) is 2. The summed E-state index contributed by atoms with van der Waals surface area (Å²) in [4.78, 5) is 37.9. The average molecular weight is 398 g/mol. The van der Waals surface area contributed by atoms with E-state index < -0.39 is 17.1 Å². The molecule has 0 bridgehead atoms. The van der Waals surface area contributed by atoms with E-state index in [4.69, 9.17) is 4.74 Å². The number of amides is 3. The summed E-state index contributed by atoms with van der Waals surface area (Å²) < 4.78 is 5.33. The number of thioether (sulfide) groups is 1. The number of nitrogens with zero attached hydrogens (tertiary/aromatic N) is 1. The topological polar surface area (TPSA) is 95.9 Å². The lowest BCUT2D eigenvalue weighted by atomic mass is 10.2. The lowest BCUT2D eigenvalue weighted by Crippen LogP contribution is -2.36. The van der Waals surface area contributed by atoms with Gasteiger partial charge in [-0.25, -0.2) is 0 Å². The Morgan fingerprint density at radius 2 is 1.96 bits per heavy atom. The van der Waals surface area contributed by atoms with Crippen LogP contribution in [0.5, 0.6) is 11.5 Å². The van der Waals surface area contributed by atoms with Crippen molar-refractivity contribution in [1.29, 1.82) is 0 Å². The Labute approximate surface area is 166 Å². The highest BCUT2D eigenvalue weighted by atomic mass is 32.2. The number of aromatic hydroxyl groups is 1. The number of carbonyl (C=O) groups excluding carboxylic acids is 3. The Hall–Kier alpha value is -3.26. The van der Waals surface area contributed by atoms with E-state index in [1.807, 2.05) is 6.92 Å². The molecule has 1 heterocycles. The van der Waals surface area contributed by atoms with Gasteiger partial charge in [-0.15, -0.1) is 0 Å². The minimum absolute atomic E-state index is 0.0581. The van der Waals surface area contributed by atoms with Gasteiger partial charge in [0.25, 0.3) is 11.1 Å². The van der Waals surface area contributed by atoms with Gasteiger partial charge in [-0.3, -0.25) is 19.3 Å². The maximum atomic E-state index is 12.5. The van der Waals surface area contributed by atoms with E-state index in [1.54, 1.807) is 36.4 Å². The highest BCUT2D eigenvalue weighted by Gasteiger charge is 2.36. The van der Waals surface area contributed by atoms with Crippen LogP contribution in [-0.4, -0.2) is 40.2 Å². The van der Waals surface area contributed by atoms with Crippen molar-refractivity contribution in [1.82, 2.24) is 4.90 Å². The Morgan fingerprint density at radius 1 is 1.21 bits per heavy atom. The predicted octanol–water partition coefficient (Wildman–Crippen LogP) is 3.47. The molecule has 28 heavy (non-hydrogen) atoms. The first-order chi connectivity index (χ1) is 13.5. The first kappa shape index (κ1) is 19.5. The Balaban J connectivity index is 1.64. The zero-order valence-corrected chi connectivity index (χ0v) is 15.9. The van der Waals surface area contributed by atoms with Crippen molar-refractivity contribution < 1.29 is 24.2 Å². The molecule has 2 aromatic rings. The summed E-state index contributed by atoms with van der Waals surface area (Å²) in [7, 11) is 0. The minimum Gasteiger partial charge on any atom is -0.508 e. The van der Waals surface area contributed by atoms with Crippen molar-refractivity contribution >= 4 is 40.6 Å². The quantitative estimate of drug-likeness (QED) is 0.724. The van der Waals surface area contributed by atoms with Gasteiger partial charge in [-0.05, 0) is 66.7 Å². The number of carbonyl (C=O) groups is 3. The van der Waals surface area contributed by atoms with Crippen LogP contribution >= 0.6 is 11.8 Å². The number of anilines is 1. The Kier molecular flexibility index (Phi) is 6.00. The molecular weight excluding hydrogens is 380 g/mol. The van der Waals surface area contributed by atoms with Gasteiger partial charge in [0, 0.05) is 5.69 Å². The van der Waals surface area contributed by atoms with Crippen LogP contribution in [0, 0.1) is 0 Å². The highest BCUT2D eigenvalue weighted by Crippen LogP contribution is 2.32. The third-order valence-electron chi connectivity index (χ3n) is 3.79. The molecule has 2 aromatic carbocycles. The van der Waals surface area contributed by atoms with E-state index in [0.717, 1.165) is 16.7 Å². The summed E-state index contributed by atoms with van der Waals surface area (Å²) in [5, 5.41) is 11.6. The molecule has 3 rings (SSSR count). The third-order valence-corrected chi connectivity index (χ3v) is 4.70. The molecule has 0 spiro atoms. The number of imide groups is 1. The number of nitrogens with one attached hydrogen (secondary N) is 1.